The van der Waals surface area contributed by atoms with Crippen molar-refractivity contribution in [1.29, 1.82) is 0 Å². The van der Waals surface area contributed by atoms with Gasteiger partial charge in [0.15, 0.2) is 5.96 Å². The van der Waals surface area contributed by atoms with Crippen LogP contribution < -0.4 is 5.32 Å². The Bertz CT molecular complexity index is 441. The van der Waals surface area contributed by atoms with Gasteiger partial charge in [-0.3, -0.25) is 4.99 Å². The van der Waals surface area contributed by atoms with E-state index in [1.54, 1.807) is 18.4 Å². The Kier molecular flexibility index (Phi) is 11.6. The Morgan fingerprint density at radius 2 is 2.17 bits per heavy atom. The minimum atomic E-state index is -4.26. The average molecular weight is 465 g/mol. The van der Waals surface area contributed by atoms with E-state index < -0.39 is 12.8 Å². The highest BCUT2D eigenvalue weighted by molar-refractivity contribution is 14.0. The van der Waals surface area contributed by atoms with E-state index in [-0.39, 0.29) is 30.6 Å². The molecule has 0 saturated carbocycles. The lowest BCUT2D eigenvalue weighted by atomic mass is 10.3. The summed E-state index contributed by atoms with van der Waals surface area (Å²) in [6.07, 6.45) is -2.83. The number of rotatable bonds is 8. The summed E-state index contributed by atoms with van der Waals surface area (Å²) >= 11 is 1.72. The molecule has 0 unspecified atom stereocenters. The van der Waals surface area contributed by atoms with E-state index in [2.05, 4.69) is 21.1 Å². The molecule has 134 valence electrons. The molecule has 0 aliphatic carbocycles. The molecular formula is C14H23F3IN3OS. The second-order valence-corrected chi connectivity index (χ2v) is 5.78. The number of ether oxygens (including phenoxy) is 1. The van der Waals surface area contributed by atoms with Crippen LogP contribution in [0.3, 0.4) is 0 Å². The summed E-state index contributed by atoms with van der Waals surface area (Å²) < 4.78 is 40.2. The lowest BCUT2D eigenvalue weighted by Crippen LogP contribution is -2.40. The Hall–Kier alpha value is -0.550. The lowest BCUT2D eigenvalue weighted by molar-refractivity contribution is -0.173. The summed E-state index contributed by atoms with van der Waals surface area (Å²) in [5, 5.41) is 5.16. The van der Waals surface area contributed by atoms with E-state index in [0.29, 0.717) is 13.0 Å². The normalized spacial score (nSPS) is 12.0. The number of hydrogen-bond acceptors (Lipinski definition) is 3. The lowest BCUT2D eigenvalue weighted by Gasteiger charge is -2.21. The molecule has 0 aromatic carbocycles. The molecule has 0 atom stereocenters. The number of likely N-dealkylation sites (N-methyl/N-ethyl adjacent to an activating group) is 1. The molecule has 1 heterocycles. The number of nitrogens with zero attached hydrogens (tertiary/aromatic N) is 2. The molecule has 0 spiro atoms. The zero-order valence-electron chi connectivity index (χ0n) is 13.2. The van der Waals surface area contributed by atoms with Crippen molar-refractivity contribution in [3.05, 3.63) is 22.4 Å². The van der Waals surface area contributed by atoms with Crippen LogP contribution in [0, 0.1) is 0 Å². The van der Waals surface area contributed by atoms with Crippen LogP contribution in [0.2, 0.25) is 0 Å². The number of thiophene rings is 1. The number of alkyl halides is 3. The van der Waals surface area contributed by atoms with Crippen LogP contribution in [0.1, 0.15) is 11.3 Å². The molecule has 0 saturated heterocycles. The number of halogens is 4. The summed E-state index contributed by atoms with van der Waals surface area (Å²) in [4.78, 5) is 7.46. The van der Waals surface area contributed by atoms with Crippen LogP contribution in [-0.2, 0) is 11.2 Å². The molecule has 1 aromatic heterocycles. The van der Waals surface area contributed by atoms with Gasteiger partial charge in [0.2, 0.25) is 0 Å². The van der Waals surface area contributed by atoms with Crippen LogP contribution in [0.25, 0.3) is 0 Å². The molecule has 1 N–H and O–H groups in total. The molecule has 0 aliphatic heterocycles. The van der Waals surface area contributed by atoms with E-state index in [4.69, 9.17) is 0 Å². The van der Waals surface area contributed by atoms with Gasteiger partial charge in [0, 0.05) is 38.7 Å². The minimum Gasteiger partial charge on any atom is -0.372 e. The predicted molar refractivity (Wildman–Crippen MR) is 98.9 cm³/mol. The first-order chi connectivity index (χ1) is 10.4. The van der Waals surface area contributed by atoms with Gasteiger partial charge in [0.1, 0.15) is 6.61 Å². The monoisotopic (exact) mass is 465 g/mol. The largest absolute Gasteiger partial charge is 0.411 e. The molecule has 0 bridgehead atoms. The Balaban J connectivity index is 0.00000484. The smallest absolute Gasteiger partial charge is 0.372 e. The Labute approximate surface area is 156 Å². The van der Waals surface area contributed by atoms with Crippen LogP contribution in [-0.4, -0.2) is 57.4 Å². The highest BCUT2D eigenvalue weighted by atomic mass is 127. The molecule has 0 fully saturated rings. The number of nitrogens with one attached hydrogen (secondary N) is 1. The average Bonchev–Trinajstić information content (AvgIpc) is 2.96. The van der Waals surface area contributed by atoms with Crippen LogP contribution in [0.15, 0.2) is 22.5 Å². The number of aliphatic imine (C=N–C) groups is 1. The van der Waals surface area contributed by atoms with Gasteiger partial charge in [-0.15, -0.1) is 35.3 Å². The van der Waals surface area contributed by atoms with Crippen LogP contribution in [0.4, 0.5) is 13.2 Å². The predicted octanol–water partition coefficient (Wildman–Crippen LogP) is 3.38. The fraction of sp³-hybridized carbons (Fsp3) is 0.643. The zero-order valence-corrected chi connectivity index (χ0v) is 16.4. The highest BCUT2D eigenvalue weighted by Crippen LogP contribution is 2.14. The topological polar surface area (TPSA) is 36.9 Å². The molecule has 23 heavy (non-hydrogen) atoms. The molecule has 0 radical (unpaired) electrons. The van der Waals surface area contributed by atoms with E-state index in [1.165, 1.54) is 4.88 Å². The van der Waals surface area contributed by atoms with Crippen molar-refractivity contribution in [2.45, 2.75) is 19.0 Å². The fourth-order valence-electron chi connectivity index (χ4n) is 1.79. The molecular weight excluding hydrogens is 442 g/mol. The van der Waals surface area contributed by atoms with Crippen molar-refractivity contribution in [1.82, 2.24) is 10.2 Å². The quantitative estimate of drug-likeness (QED) is 0.277. The van der Waals surface area contributed by atoms with Crippen molar-refractivity contribution in [2.24, 2.45) is 4.99 Å². The maximum absolute atomic E-state index is 11.9. The SMILES string of the molecule is CN=C(NCCCOCC(F)(F)F)N(C)CCc1cccs1.I. The molecule has 0 amide bonds. The van der Waals surface area contributed by atoms with Crippen molar-refractivity contribution in [3.8, 4) is 0 Å². The maximum Gasteiger partial charge on any atom is 0.411 e. The third-order valence-corrected chi connectivity index (χ3v) is 3.80. The van der Waals surface area contributed by atoms with Crippen molar-refractivity contribution in [2.75, 3.05) is 40.4 Å². The standard InChI is InChI=1S/C14H22F3N3OS.HI/c1-18-13(19-7-4-9-21-11-14(15,16)17)20(2)8-6-12-5-3-10-22-12;/h3,5,10H,4,6-9,11H2,1-2H3,(H,18,19);1H. The number of guanidine groups is 1. The van der Waals surface area contributed by atoms with E-state index >= 15 is 0 Å². The summed E-state index contributed by atoms with van der Waals surface area (Å²) in [6.45, 7) is 0.226. The molecule has 1 rings (SSSR count). The van der Waals surface area contributed by atoms with Gasteiger partial charge in [0.05, 0.1) is 0 Å². The number of hydrogen-bond donors (Lipinski definition) is 1. The summed E-state index contributed by atoms with van der Waals surface area (Å²) in [7, 11) is 3.62. The molecule has 0 aliphatic rings. The first-order valence-corrected chi connectivity index (χ1v) is 7.89. The first kappa shape index (κ1) is 22.4. The zero-order chi connectivity index (χ0) is 16.4. The van der Waals surface area contributed by atoms with E-state index in [1.807, 2.05) is 23.4 Å². The van der Waals surface area contributed by atoms with Gasteiger partial charge in [-0.25, -0.2) is 0 Å². The van der Waals surface area contributed by atoms with Gasteiger partial charge in [-0.2, -0.15) is 13.2 Å². The van der Waals surface area contributed by atoms with E-state index in [9.17, 15) is 13.2 Å². The van der Waals surface area contributed by atoms with Crippen LogP contribution >= 0.6 is 35.3 Å². The maximum atomic E-state index is 11.9. The summed E-state index contributed by atoms with van der Waals surface area (Å²) in [5.74, 6) is 0.729. The van der Waals surface area contributed by atoms with Gasteiger partial charge < -0.3 is 15.0 Å². The van der Waals surface area contributed by atoms with E-state index in [0.717, 1.165) is 18.9 Å². The van der Waals surface area contributed by atoms with Gasteiger partial charge in [0.25, 0.3) is 0 Å². The van der Waals surface area contributed by atoms with Crippen molar-refractivity contribution >= 4 is 41.3 Å². The minimum absolute atomic E-state index is 0. The Morgan fingerprint density at radius 3 is 2.74 bits per heavy atom. The van der Waals surface area contributed by atoms with Crippen molar-refractivity contribution < 1.29 is 17.9 Å². The highest BCUT2D eigenvalue weighted by Gasteiger charge is 2.27. The third kappa shape index (κ3) is 10.8. The first-order valence-electron chi connectivity index (χ1n) is 7.01. The van der Waals surface area contributed by atoms with Crippen molar-refractivity contribution in [3.63, 3.8) is 0 Å². The molecule has 4 nitrogen and oxygen atoms in total. The summed E-state index contributed by atoms with van der Waals surface area (Å²) in [6, 6.07) is 4.11. The summed E-state index contributed by atoms with van der Waals surface area (Å²) in [5.41, 5.74) is 0. The second-order valence-electron chi connectivity index (χ2n) is 4.75. The third-order valence-electron chi connectivity index (χ3n) is 2.86. The van der Waals surface area contributed by atoms with Gasteiger partial charge in [-0.05, 0) is 24.3 Å². The fourth-order valence-corrected chi connectivity index (χ4v) is 2.48. The van der Waals surface area contributed by atoms with Gasteiger partial charge >= 0.3 is 6.18 Å². The van der Waals surface area contributed by atoms with Gasteiger partial charge in [-0.1, -0.05) is 6.07 Å². The van der Waals surface area contributed by atoms with Crippen LogP contribution in [0.5, 0.6) is 0 Å². The Morgan fingerprint density at radius 1 is 1.43 bits per heavy atom. The second kappa shape index (κ2) is 11.9. The molecule has 1 aromatic rings. The molecule has 9 heteroatoms.